The van der Waals surface area contributed by atoms with E-state index in [1.54, 1.807) is 0 Å². The van der Waals surface area contributed by atoms with Gasteiger partial charge in [-0.3, -0.25) is 9.59 Å². The van der Waals surface area contributed by atoms with Gasteiger partial charge in [-0.25, -0.2) is 0 Å². The van der Waals surface area contributed by atoms with Crippen molar-refractivity contribution in [3.8, 4) is 0 Å². The predicted octanol–water partition coefficient (Wildman–Crippen LogP) is 1.03. The summed E-state index contributed by atoms with van der Waals surface area (Å²) in [5.41, 5.74) is -0.270. The van der Waals surface area contributed by atoms with Gasteiger partial charge < -0.3 is 15.2 Å². The Bertz CT molecular complexity index is 289. The Labute approximate surface area is 102 Å². The first kappa shape index (κ1) is 14.0. The van der Waals surface area contributed by atoms with E-state index in [-0.39, 0.29) is 29.7 Å². The molecular weight excluding hydrogens is 222 g/mol. The first-order valence-corrected chi connectivity index (χ1v) is 5.90. The predicted molar refractivity (Wildman–Crippen MR) is 62.6 cm³/mol. The van der Waals surface area contributed by atoms with E-state index in [4.69, 9.17) is 9.84 Å². The van der Waals surface area contributed by atoms with Crippen LogP contribution < -0.4 is 5.32 Å². The van der Waals surface area contributed by atoms with E-state index in [1.807, 2.05) is 20.8 Å². The summed E-state index contributed by atoms with van der Waals surface area (Å²) < 4.78 is 5.15. The highest BCUT2D eigenvalue weighted by Crippen LogP contribution is 2.23. The average Bonchev–Trinajstić information content (AvgIpc) is 2.66. The molecule has 1 heterocycles. The largest absolute Gasteiger partial charge is 0.481 e. The maximum absolute atomic E-state index is 11.9. The third-order valence-corrected chi connectivity index (χ3v) is 3.04. The van der Waals surface area contributed by atoms with Crippen molar-refractivity contribution in [3.05, 3.63) is 0 Å². The smallest absolute Gasteiger partial charge is 0.305 e. The van der Waals surface area contributed by atoms with E-state index < -0.39 is 5.97 Å². The molecule has 98 valence electrons. The summed E-state index contributed by atoms with van der Waals surface area (Å²) >= 11 is 0. The number of carboxylic acids is 1. The normalized spacial score (nSPS) is 22.2. The van der Waals surface area contributed by atoms with Crippen LogP contribution in [-0.2, 0) is 14.3 Å². The third kappa shape index (κ3) is 4.34. The average molecular weight is 243 g/mol. The molecule has 0 aliphatic carbocycles. The van der Waals surface area contributed by atoms with E-state index in [1.165, 1.54) is 0 Å². The highest BCUT2D eigenvalue weighted by atomic mass is 16.5. The number of hydrogen-bond acceptors (Lipinski definition) is 3. The zero-order valence-corrected chi connectivity index (χ0v) is 10.7. The number of hydrogen-bond donors (Lipinski definition) is 2. The number of carbonyl (C=O) groups is 2. The molecule has 1 fully saturated rings. The van der Waals surface area contributed by atoms with Crippen molar-refractivity contribution in [1.82, 2.24) is 5.32 Å². The van der Waals surface area contributed by atoms with Gasteiger partial charge in [0, 0.05) is 12.6 Å². The van der Waals surface area contributed by atoms with Crippen molar-refractivity contribution in [3.63, 3.8) is 0 Å². The van der Waals surface area contributed by atoms with Crippen LogP contribution in [0.4, 0.5) is 0 Å². The van der Waals surface area contributed by atoms with Gasteiger partial charge in [-0.1, -0.05) is 20.8 Å². The molecule has 0 bridgehead atoms. The molecule has 0 aromatic rings. The van der Waals surface area contributed by atoms with Gasteiger partial charge in [-0.15, -0.1) is 0 Å². The minimum Gasteiger partial charge on any atom is -0.481 e. The first-order valence-electron chi connectivity index (χ1n) is 5.90. The van der Waals surface area contributed by atoms with Gasteiger partial charge in [-0.05, 0) is 11.8 Å². The van der Waals surface area contributed by atoms with Crippen molar-refractivity contribution in [2.45, 2.75) is 39.7 Å². The standard InChI is InChI=1S/C12H21NO4/c1-12(2,3)9(6-10(14)15)13-11(16)8-4-5-17-7-8/h8-9H,4-7H2,1-3H3,(H,13,16)(H,14,15). The second-order valence-electron chi connectivity index (χ2n) is 5.59. The number of carboxylic acid groups (broad SMARTS) is 1. The third-order valence-electron chi connectivity index (χ3n) is 3.04. The Morgan fingerprint density at radius 3 is 2.53 bits per heavy atom. The Kier molecular flexibility index (Phi) is 4.51. The van der Waals surface area contributed by atoms with Crippen LogP contribution in [0.15, 0.2) is 0 Å². The lowest BCUT2D eigenvalue weighted by Gasteiger charge is -2.31. The molecule has 0 saturated carbocycles. The molecule has 2 N–H and O–H groups in total. The van der Waals surface area contributed by atoms with E-state index in [2.05, 4.69) is 5.32 Å². The molecule has 5 heteroatoms. The van der Waals surface area contributed by atoms with Crippen LogP contribution in [0.5, 0.6) is 0 Å². The zero-order chi connectivity index (χ0) is 13.1. The van der Waals surface area contributed by atoms with Crippen molar-refractivity contribution in [2.24, 2.45) is 11.3 Å². The second-order valence-corrected chi connectivity index (χ2v) is 5.59. The van der Waals surface area contributed by atoms with Gasteiger partial charge in [-0.2, -0.15) is 0 Å². The topological polar surface area (TPSA) is 75.6 Å². The van der Waals surface area contributed by atoms with Crippen LogP contribution in [0.3, 0.4) is 0 Å². The molecule has 0 aromatic carbocycles. The molecule has 1 saturated heterocycles. The number of ether oxygens (including phenoxy) is 1. The Morgan fingerprint density at radius 1 is 1.47 bits per heavy atom. The van der Waals surface area contributed by atoms with Gasteiger partial charge in [0.15, 0.2) is 0 Å². The summed E-state index contributed by atoms with van der Waals surface area (Å²) in [7, 11) is 0. The lowest BCUT2D eigenvalue weighted by atomic mass is 9.84. The lowest BCUT2D eigenvalue weighted by Crippen LogP contribution is -2.47. The maximum Gasteiger partial charge on any atom is 0.305 e. The van der Waals surface area contributed by atoms with Crippen molar-refractivity contribution in [2.75, 3.05) is 13.2 Å². The molecule has 5 nitrogen and oxygen atoms in total. The summed E-state index contributed by atoms with van der Waals surface area (Å²) in [6.07, 6.45) is 0.665. The monoisotopic (exact) mass is 243 g/mol. The molecule has 17 heavy (non-hydrogen) atoms. The quantitative estimate of drug-likeness (QED) is 0.773. The zero-order valence-electron chi connectivity index (χ0n) is 10.7. The fraction of sp³-hybridized carbons (Fsp3) is 0.833. The van der Waals surface area contributed by atoms with Crippen LogP contribution in [0.25, 0.3) is 0 Å². The molecule has 1 aliphatic rings. The maximum atomic E-state index is 11.9. The fourth-order valence-electron chi connectivity index (χ4n) is 1.78. The van der Waals surface area contributed by atoms with E-state index >= 15 is 0 Å². The van der Waals surface area contributed by atoms with Crippen LogP contribution in [0, 0.1) is 11.3 Å². The van der Waals surface area contributed by atoms with Crippen LogP contribution >= 0.6 is 0 Å². The Hall–Kier alpha value is -1.10. The number of rotatable bonds is 4. The first-order chi connectivity index (χ1) is 7.80. The van der Waals surface area contributed by atoms with Crippen molar-refractivity contribution < 1.29 is 19.4 Å². The van der Waals surface area contributed by atoms with E-state index in [0.717, 1.165) is 6.42 Å². The van der Waals surface area contributed by atoms with Crippen LogP contribution in [-0.4, -0.2) is 36.2 Å². The number of amides is 1. The number of carbonyl (C=O) groups excluding carboxylic acids is 1. The summed E-state index contributed by atoms with van der Waals surface area (Å²) in [6.45, 7) is 6.82. The molecule has 0 aromatic heterocycles. The van der Waals surface area contributed by atoms with Crippen molar-refractivity contribution in [1.29, 1.82) is 0 Å². The van der Waals surface area contributed by atoms with Gasteiger partial charge in [0.1, 0.15) is 0 Å². The molecule has 0 spiro atoms. The highest BCUT2D eigenvalue weighted by Gasteiger charge is 2.31. The highest BCUT2D eigenvalue weighted by molar-refractivity contribution is 5.80. The minimum absolute atomic E-state index is 0.0528. The van der Waals surface area contributed by atoms with E-state index in [9.17, 15) is 9.59 Å². The SMILES string of the molecule is CC(C)(C)C(CC(=O)O)NC(=O)C1CCOC1. The second kappa shape index (κ2) is 5.49. The molecule has 2 atom stereocenters. The number of aliphatic carboxylic acids is 1. The molecule has 1 aliphatic heterocycles. The van der Waals surface area contributed by atoms with Gasteiger partial charge in [0.05, 0.1) is 18.9 Å². The summed E-state index contributed by atoms with van der Waals surface area (Å²) in [6, 6.07) is -0.354. The Balaban J connectivity index is 2.59. The Morgan fingerprint density at radius 2 is 2.12 bits per heavy atom. The summed E-state index contributed by atoms with van der Waals surface area (Å²) in [5, 5.41) is 11.7. The number of nitrogens with one attached hydrogen (secondary N) is 1. The van der Waals surface area contributed by atoms with Crippen molar-refractivity contribution >= 4 is 11.9 Å². The fourth-order valence-corrected chi connectivity index (χ4v) is 1.78. The molecular formula is C12H21NO4. The summed E-state index contributed by atoms with van der Waals surface area (Å²) in [5.74, 6) is -1.12. The van der Waals surface area contributed by atoms with Crippen LogP contribution in [0.1, 0.15) is 33.6 Å². The van der Waals surface area contributed by atoms with Gasteiger partial charge in [0.25, 0.3) is 0 Å². The van der Waals surface area contributed by atoms with Gasteiger partial charge >= 0.3 is 5.97 Å². The minimum atomic E-state index is -0.895. The van der Waals surface area contributed by atoms with E-state index in [0.29, 0.717) is 13.2 Å². The molecule has 0 radical (unpaired) electrons. The molecule has 1 rings (SSSR count). The lowest BCUT2D eigenvalue weighted by molar-refractivity contribution is -0.138. The van der Waals surface area contributed by atoms with Crippen LogP contribution in [0.2, 0.25) is 0 Å². The molecule has 1 amide bonds. The summed E-state index contributed by atoms with van der Waals surface area (Å²) in [4.78, 5) is 22.7. The molecule has 2 unspecified atom stereocenters. The van der Waals surface area contributed by atoms with Gasteiger partial charge in [0.2, 0.25) is 5.91 Å².